The third-order valence-electron chi connectivity index (χ3n) is 6.57. The number of rotatable bonds is 4. The van der Waals surface area contributed by atoms with E-state index in [-0.39, 0.29) is 30.4 Å². The Bertz CT molecular complexity index is 1210. The Labute approximate surface area is 190 Å². The number of para-hydroxylation sites is 1. The van der Waals surface area contributed by atoms with E-state index in [1.54, 1.807) is 41.2 Å². The average molecular weight is 446 g/mol. The maximum absolute atomic E-state index is 13.5. The summed E-state index contributed by atoms with van der Waals surface area (Å²) in [5.74, 6) is -0.413. The molecular weight excluding hydrogens is 423 g/mol. The van der Waals surface area contributed by atoms with Crippen LogP contribution in [0.2, 0.25) is 0 Å². The molecular formula is C26H23FN2O4. The number of aliphatic hydroxyl groups is 1. The van der Waals surface area contributed by atoms with Crippen molar-refractivity contribution in [3.05, 3.63) is 95.3 Å². The second-order valence-electron chi connectivity index (χ2n) is 8.27. The van der Waals surface area contributed by atoms with Crippen molar-refractivity contribution in [3.8, 4) is 5.75 Å². The fourth-order valence-electron chi connectivity index (χ4n) is 5.01. The minimum atomic E-state index is -0.423. The number of halogens is 1. The summed E-state index contributed by atoms with van der Waals surface area (Å²) < 4.78 is 18.6. The molecule has 2 aliphatic heterocycles. The molecule has 3 aromatic carbocycles. The van der Waals surface area contributed by atoms with Crippen LogP contribution in [-0.2, 0) is 0 Å². The maximum atomic E-state index is 13.5. The fraction of sp³-hybridized carbons (Fsp3) is 0.231. The summed E-state index contributed by atoms with van der Waals surface area (Å²) in [7, 11) is 1.55. The lowest BCUT2D eigenvalue weighted by molar-refractivity contribution is -0.0246. The van der Waals surface area contributed by atoms with Gasteiger partial charge in [0.25, 0.3) is 11.8 Å². The van der Waals surface area contributed by atoms with Gasteiger partial charge in [-0.15, -0.1) is 0 Å². The summed E-state index contributed by atoms with van der Waals surface area (Å²) in [5.41, 5.74) is 2.53. The molecule has 3 atom stereocenters. The van der Waals surface area contributed by atoms with Crippen LogP contribution in [0.3, 0.4) is 0 Å². The second-order valence-corrected chi connectivity index (χ2v) is 8.27. The predicted molar refractivity (Wildman–Crippen MR) is 121 cm³/mol. The highest BCUT2D eigenvalue weighted by Gasteiger charge is 2.55. The molecule has 7 heteroatoms. The average Bonchev–Trinajstić information content (AvgIpc) is 2.84. The Balaban J connectivity index is 1.52. The summed E-state index contributed by atoms with van der Waals surface area (Å²) in [6.45, 7) is 0.0907. The second kappa shape index (κ2) is 8.33. The number of hydrogen-bond donors (Lipinski definition) is 1. The van der Waals surface area contributed by atoms with Gasteiger partial charge in [-0.25, -0.2) is 4.39 Å². The Morgan fingerprint density at radius 1 is 1.00 bits per heavy atom. The van der Waals surface area contributed by atoms with E-state index in [9.17, 15) is 19.1 Å². The molecule has 1 N–H and O–H groups in total. The zero-order chi connectivity index (χ0) is 23.1. The van der Waals surface area contributed by atoms with Crippen LogP contribution in [0.15, 0.2) is 72.8 Å². The summed E-state index contributed by atoms with van der Waals surface area (Å²) in [6.07, 6.45) is 0. The van der Waals surface area contributed by atoms with Gasteiger partial charge in [0, 0.05) is 29.3 Å². The number of ether oxygens (including phenoxy) is 1. The Hall–Kier alpha value is -3.71. The van der Waals surface area contributed by atoms with Gasteiger partial charge >= 0.3 is 0 Å². The van der Waals surface area contributed by atoms with E-state index in [4.69, 9.17) is 4.74 Å². The minimum absolute atomic E-state index is 0.0926. The van der Waals surface area contributed by atoms with Crippen molar-refractivity contribution in [2.24, 2.45) is 0 Å². The third kappa shape index (κ3) is 3.45. The molecule has 0 unspecified atom stereocenters. The highest BCUT2D eigenvalue weighted by molar-refractivity contribution is 6.07. The fourth-order valence-corrected chi connectivity index (χ4v) is 5.01. The molecule has 2 heterocycles. The van der Waals surface area contributed by atoms with Crippen LogP contribution >= 0.6 is 0 Å². The smallest absolute Gasteiger partial charge is 0.258 e. The molecule has 0 radical (unpaired) electrons. The van der Waals surface area contributed by atoms with E-state index < -0.39 is 11.9 Å². The van der Waals surface area contributed by atoms with Crippen LogP contribution in [0.4, 0.5) is 10.1 Å². The van der Waals surface area contributed by atoms with Crippen molar-refractivity contribution in [1.29, 1.82) is 0 Å². The monoisotopic (exact) mass is 446 g/mol. The van der Waals surface area contributed by atoms with Crippen LogP contribution in [0, 0.1) is 5.82 Å². The Kier molecular flexibility index (Phi) is 5.34. The topological polar surface area (TPSA) is 70.1 Å². The van der Waals surface area contributed by atoms with Crippen molar-refractivity contribution in [2.45, 2.75) is 18.0 Å². The lowest BCUT2D eigenvalue weighted by atomic mass is 9.71. The van der Waals surface area contributed by atoms with Gasteiger partial charge in [-0.05, 0) is 54.1 Å². The first-order valence-corrected chi connectivity index (χ1v) is 10.8. The number of carbonyl (C=O) groups is 2. The zero-order valence-electron chi connectivity index (χ0n) is 18.0. The van der Waals surface area contributed by atoms with Gasteiger partial charge in [-0.1, -0.05) is 24.3 Å². The number of methoxy groups -OCH3 is 1. The first kappa shape index (κ1) is 21.2. The normalized spacial score (nSPS) is 21.0. The standard InChI is InChI=1S/C26H23FN2O4/c1-33-19-6-4-5-17(13-19)25(31)28-14-22-24(20-7-2-3-8-21(20)28)23(15-30)29(22)26(32)16-9-11-18(27)12-10-16/h2-13,22-24,30H,14-15H2,1H3/t22-,23-,24+/m1/s1. The van der Waals surface area contributed by atoms with Gasteiger partial charge < -0.3 is 19.6 Å². The van der Waals surface area contributed by atoms with Gasteiger partial charge in [-0.2, -0.15) is 0 Å². The molecule has 0 aromatic heterocycles. The van der Waals surface area contributed by atoms with Gasteiger partial charge in [0.15, 0.2) is 0 Å². The highest BCUT2D eigenvalue weighted by Crippen LogP contribution is 2.49. The molecule has 33 heavy (non-hydrogen) atoms. The van der Waals surface area contributed by atoms with Crippen molar-refractivity contribution in [1.82, 2.24) is 4.90 Å². The molecule has 6 nitrogen and oxygen atoms in total. The van der Waals surface area contributed by atoms with E-state index >= 15 is 0 Å². The molecule has 0 aliphatic carbocycles. The molecule has 0 saturated carbocycles. The number of amides is 2. The van der Waals surface area contributed by atoms with Crippen molar-refractivity contribution in [2.75, 3.05) is 25.2 Å². The number of nitrogens with zero attached hydrogens (tertiary/aromatic N) is 2. The van der Waals surface area contributed by atoms with Crippen LogP contribution < -0.4 is 9.64 Å². The van der Waals surface area contributed by atoms with Crippen LogP contribution in [0.25, 0.3) is 0 Å². The number of benzene rings is 3. The van der Waals surface area contributed by atoms with E-state index in [1.165, 1.54) is 24.3 Å². The number of aliphatic hydroxyl groups excluding tert-OH is 1. The Morgan fingerprint density at radius 2 is 1.76 bits per heavy atom. The summed E-state index contributed by atoms with van der Waals surface area (Å²) >= 11 is 0. The van der Waals surface area contributed by atoms with Gasteiger partial charge in [0.1, 0.15) is 11.6 Å². The number of anilines is 1. The number of fused-ring (bicyclic) bond motifs is 3. The molecule has 2 aliphatic rings. The molecule has 0 bridgehead atoms. The summed E-state index contributed by atoms with van der Waals surface area (Å²) in [6, 6.07) is 19.2. The molecule has 0 spiro atoms. The molecule has 1 saturated heterocycles. The maximum Gasteiger partial charge on any atom is 0.258 e. The third-order valence-corrected chi connectivity index (χ3v) is 6.57. The molecule has 2 amide bonds. The molecule has 5 rings (SSSR count). The van der Waals surface area contributed by atoms with Gasteiger partial charge in [0.2, 0.25) is 0 Å². The van der Waals surface area contributed by atoms with E-state index in [2.05, 4.69) is 0 Å². The molecule has 3 aromatic rings. The largest absolute Gasteiger partial charge is 0.497 e. The number of likely N-dealkylation sites (tertiary alicyclic amines) is 1. The lowest BCUT2D eigenvalue weighted by Crippen LogP contribution is -2.70. The predicted octanol–water partition coefficient (Wildman–Crippen LogP) is 3.46. The van der Waals surface area contributed by atoms with Crippen molar-refractivity contribution >= 4 is 17.5 Å². The van der Waals surface area contributed by atoms with Crippen molar-refractivity contribution < 1.29 is 23.8 Å². The SMILES string of the molecule is COc1cccc(C(=O)N2C[C@@H]3[C@H](c4ccccc42)[C@@H](CO)N3C(=O)c2ccc(F)cc2)c1. The van der Waals surface area contributed by atoms with E-state index in [0.717, 1.165) is 11.3 Å². The minimum Gasteiger partial charge on any atom is -0.497 e. The van der Waals surface area contributed by atoms with Crippen LogP contribution in [0.5, 0.6) is 5.75 Å². The van der Waals surface area contributed by atoms with Crippen molar-refractivity contribution in [3.63, 3.8) is 0 Å². The van der Waals surface area contributed by atoms with Gasteiger partial charge in [-0.3, -0.25) is 9.59 Å². The quantitative estimate of drug-likeness (QED) is 0.667. The van der Waals surface area contributed by atoms with E-state index in [0.29, 0.717) is 23.4 Å². The summed E-state index contributed by atoms with van der Waals surface area (Å²) in [4.78, 5) is 30.1. The Morgan fingerprint density at radius 3 is 2.48 bits per heavy atom. The zero-order valence-corrected chi connectivity index (χ0v) is 18.0. The van der Waals surface area contributed by atoms with Gasteiger partial charge in [0.05, 0.1) is 25.8 Å². The first-order chi connectivity index (χ1) is 16.0. The summed E-state index contributed by atoms with van der Waals surface area (Å²) in [5, 5.41) is 10.1. The van der Waals surface area contributed by atoms with E-state index in [1.807, 2.05) is 24.3 Å². The lowest BCUT2D eigenvalue weighted by Gasteiger charge is -2.58. The number of carbonyl (C=O) groups excluding carboxylic acids is 2. The first-order valence-electron chi connectivity index (χ1n) is 10.8. The highest BCUT2D eigenvalue weighted by atomic mass is 19.1. The molecule has 168 valence electrons. The molecule has 1 fully saturated rings. The van der Waals surface area contributed by atoms with Crippen LogP contribution in [-0.4, -0.2) is 54.2 Å². The number of hydrogen-bond acceptors (Lipinski definition) is 4. The van der Waals surface area contributed by atoms with Crippen LogP contribution in [0.1, 0.15) is 32.2 Å².